The number of aromatic nitrogens is 3. The summed E-state index contributed by atoms with van der Waals surface area (Å²) < 4.78 is 11.0. The van der Waals surface area contributed by atoms with E-state index in [1.165, 1.54) is 0 Å². The molecule has 3 aromatic rings. The Labute approximate surface area is 240 Å². The van der Waals surface area contributed by atoms with Gasteiger partial charge < -0.3 is 14.3 Å². The summed E-state index contributed by atoms with van der Waals surface area (Å²) in [6.07, 6.45) is 11.9. The maximum atomic E-state index is 14.0. The fraction of sp³-hybridized carbons (Fsp3) is 0.531. The number of carbonyl (C=O) groups excluding carboxylic acids is 1. The molecule has 0 unspecified atom stereocenters. The molecule has 6 rings (SSSR count). The second kappa shape index (κ2) is 12.0. The number of hydrogen-bond donors (Lipinski definition) is 1. The molecule has 3 aliphatic rings. The van der Waals surface area contributed by atoms with E-state index in [0.29, 0.717) is 61.3 Å². The van der Waals surface area contributed by atoms with E-state index in [1.54, 1.807) is 19.6 Å². The van der Waals surface area contributed by atoms with Crippen LogP contribution in [0.5, 0.6) is 5.75 Å². The Morgan fingerprint density at radius 2 is 1.80 bits per heavy atom. The molecule has 0 atom stereocenters. The van der Waals surface area contributed by atoms with Gasteiger partial charge in [-0.25, -0.2) is 15.0 Å². The standard InChI is InChI=1S/C32H37N5O4/c1-40-29-13-12-26(35-27(29)17-33)21-4-2-20(3-5-21)18-37(32(39)23-8-10-25(38)11-9-23)30-16-24(14-15-34-30)28-19-41-31(36-28)22-6-7-22/h12-16,19-23,25,38H,2-11,18H2,1H3/t20-,21-,23-,25-. The number of oxazole rings is 1. The number of amides is 1. The molecule has 0 radical (unpaired) electrons. The molecule has 0 aromatic carbocycles. The fourth-order valence-electron chi connectivity index (χ4n) is 6.34. The number of hydrogen-bond acceptors (Lipinski definition) is 8. The van der Waals surface area contributed by atoms with E-state index < -0.39 is 0 Å². The van der Waals surface area contributed by atoms with Crippen LogP contribution in [0.4, 0.5) is 5.82 Å². The second-order valence-electron chi connectivity index (χ2n) is 11.8. The number of anilines is 1. The number of nitriles is 1. The Kier molecular flexibility index (Phi) is 8.02. The summed E-state index contributed by atoms with van der Waals surface area (Å²) in [5.41, 5.74) is 2.92. The lowest BCUT2D eigenvalue weighted by atomic mass is 9.79. The molecule has 0 bridgehead atoms. The Bertz CT molecular complexity index is 1410. The normalized spacial score (nSPS) is 24.4. The zero-order valence-electron chi connectivity index (χ0n) is 23.5. The lowest BCUT2D eigenvalue weighted by Crippen LogP contribution is -2.42. The minimum absolute atomic E-state index is 0.0954. The number of pyridine rings is 2. The van der Waals surface area contributed by atoms with Crippen LogP contribution in [0.3, 0.4) is 0 Å². The lowest BCUT2D eigenvalue weighted by Gasteiger charge is -2.35. The first-order valence-electron chi connectivity index (χ1n) is 14.9. The Balaban J connectivity index is 1.19. The highest BCUT2D eigenvalue weighted by Crippen LogP contribution is 2.41. The summed E-state index contributed by atoms with van der Waals surface area (Å²) in [7, 11) is 1.55. The summed E-state index contributed by atoms with van der Waals surface area (Å²) in [6.45, 7) is 0.604. The van der Waals surface area contributed by atoms with Crippen molar-refractivity contribution < 1.29 is 19.1 Å². The molecule has 214 valence electrons. The molecule has 3 fully saturated rings. The SMILES string of the molecule is COc1ccc([C@H]2CC[C@H](CN(c3cc(-c4coc(C5CC5)n4)ccn3)C(=O)[C@H]3CC[C@H](O)CC3)CC2)nc1C#N. The van der Waals surface area contributed by atoms with Crippen LogP contribution < -0.4 is 9.64 Å². The van der Waals surface area contributed by atoms with Crippen molar-refractivity contribution in [2.24, 2.45) is 11.8 Å². The van der Waals surface area contributed by atoms with E-state index in [4.69, 9.17) is 14.1 Å². The summed E-state index contributed by atoms with van der Waals surface area (Å²) in [5, 5.41) is 19.5. The highest BCUT2D eigenvalue weighted by Gasteiger charge is 2.33. The van der Waals surface area contributed by atoms with Crippen molar-refractivity contribution in [2.45, 2.75) is 82.1 Å². The van der Waals surface area contributed by atoms with Crippen LogP contribution in [-0.2, 0) is 4.79 Å². The number of aliphatic hydroxyl groups excluding tert-OH is 1. The van der Waals surface area contributed by atoms with E-state index in [9.17, 15) is 15.2 Å². The molecule has 3 aromatic heterocycles. The average Bonchev–Trinajstić information content (AvgIpc) is 3.75. The zero-order chi connectivity index (χ0) is 28.3. The minimum Gasteiger partial charge on any atom is -0.494 e. The van der Waals surface area contributed by atoms with Gasteiger partial charge in [0, 0.05) is 41.8 Å². The smallest absolute Gasteiger partial charge is 0.231 e. The number of nitrogens with zero attached hydrogens (tertiary/aromatic N) is 5. The zero-order valence-corrected chi connectivity index (χ0v) is 23.5. The fourth-order valence-corrected chi connectivity index (χ4v) is 6.34. The molecule has 3 aliphatic carbocycles. The molecule has 1 amide bonds. The summed E-state index contributed by atoms with van der Waals surface area (Å²) in [4.78, 5) is 29.8. The van der Waals surface area contributed by atoms with Gasteiger partial charge in [-0.2, -0.15) is 5.26 Å². The third kappa shape index (κ3) is 6.13. The van der Waals surface area contributed by atoms with Crippen molar-refractivity contribution in [1.82, 2.24) is 15.0 Å². The number of ether oxygens (including phenoxy) is 1. The molecule has 9 heteroatoms. The predicted octanol–water partition coefficient (Wildman–Crippen LogP) is 5.75. The molecule has 0 saturated heterocycles. The summed E-state index contributed by atoms with van der Waals surface area (Å²) in [5.74, 6) is 2.96. The first-order chi connectivity index (χ1) is 20.0. The van der Waals surface area contributed by atoms with Crippen LogP contribution >= 0.6 is 0 Å². The first-order valence-corrected chi connectivity index (χ1v) is 14.9. The number of aliphatic hydroxyl groups is 1. The Morgan fingerprint density at radius 1 is 1.05 bits per heavy atom. The topological polar surface area (TPSA) is 125 Å². The van der Waals surface area contributed by atoms with Crippen molar-refractivity contribution in [2.75, 3.05) is 18.6 Å². The van der Waals surface area contributed by atoms with Gasteiger partial charge in [-0.05, 0) is 94.4 Å². The quantitative estimate of drug-likeness (QED) is 0.373. The Morgan fingerprint density at radius 3 is 2.51 bits per heavy atom. The van der Waals surface area contributed by atoms with Gasteiger partial charge in [-0.15, -0.1) is 0 Å². The molecular formula is C32H37N5O4. The van der Waals surface area contributed by atoms with Crippen molar-refractivity contribution in [3.63, 3.8) is 0 Å². The Hall–Kier alpha value is -3.77. The van der Waals surface area contributed by atoms with Gasteiger partial charge in [0.2, 0.25) is 5.91 Å². The molecule has 1 N–H and O–H groups in total. The van der Waals surface area contributed by atoms with Gasteiger partial charge in [-0.3, -0.25) is 9.69 Å². The van der Waals surface area contributed by atoms with Crippen LogP contribution in [-0.4, -0.2) is 45.7 Å². The van der Waals surface area contributed by atoms with E-state index in [0.717, 1.165) is 61.4 Å². The van der Waals surface area contributed by atoms with Crippen molar-refractivity contribution in [1.29, 1.82) is 5.26 Å². The molecule has 3 heterocycles. The van der Waals surface area contributed by atoms with Crippen molar-refractivity contribution >= 4 is 11.7 Å². The molecule has 0 aliphatic heterocycles. The molecule has 9 nitrogen and oxygen atoms in total. The van der Waals surface area contributed by atoms with Crippen LogP contribution in [0.25, 0.3) is 11.3 Å². The largest absolute Gasteiger partial charge is 0.494 e. The monoisotopic (exact) mass is 555 g/mol. The maximum absolute atomic E-state index is 14.0. The summed E-state index contributed by atoms with van der Waals surface area (Å²) >= 11 is 0. The van der Waals surface area contributed by atoms with Gasteiger partial charge in [-0.1, -0.05) is 0 Å². The third-order valence-electron chi connectivity index (χ3n) is 8.99. The minimum atomic E-state index is -0.315. The number of methoxy groups -OCH3 is 1. The average molecular weight is 556 g/mol. The molecular weight excluding hydrogens is 518 g/mol. The van der Waals surface area contributed by atoms with Gasteiger partial charge in [0.1, 0.15) is 23.8 Å². The van der Waals surface area contributed by atoms with E-state index in [2.05, 4.69) is 16.0 Å². The number of rotatable bonds is 8. The third-order valence-corrected chi connectivity index (χ3v) is 8.99. The van der Waals surface area contributed by atoms with Gasteiger partial charge in [0.25, 0.3) is 0 Å². The van der Waals surface area contributed by atoms with Crippen LogP contribution in [0.15, 0.2) is 41.1 Å². The van der Waals surface area contributed by atoms with Crippen LogP contribution in [0.2, 0.25) is 0 Å². The number of carbonyl (C=O) groups is 1. The van der Waals surface area contributed by atoms with E-state index in [-0.39, 0.29) is 23.8 Å². The van der Waals surface area contributed by atoms with Gasteiger partial charge in [0.05, 0.1) is 13.2 Å². The predicted molar refractivity (Wildman–Crippen MR) is 152 cm³/mol. The highest BCUT2D eigenvalue weighted by molar-refractivity contribution is 5.94. The van der Waals surface area contributed by atoms with Crippen LogP contribution in [0, 0.1) is 23.2 Å². The molecule has 3 saturated carbocycles. The molecule has 41 heavy (non-hydrogen) atoms. The van der Waals surface area contributed by atoms with Gasteiger partial charge >= 0.3 is 0 Å². The second-order valence-corrected chi connectivity index (χ2v) is 11.8. The van der Waals surface area contributed by atoms with E-state index >= 15 is 0 Å². The maximum Gasteiger partial charge on any atom is 0.231 e. The molecule has 0 spiro atoms. The van der Waals surface area contributed by atoms with Crippen molar-refractivity contribution in [3.8, 4) is 23.1 Å². The van der Waals surface area contributed by atoms with E-state index in [1.807, 2.05) is 29.2 Å². The lowest BCUT2D eigenvalue weighted by molar-refractivity contribution is -0.124. The highest BCUT2D eigenvalue weighted by atomic mass is 16.5. The van der Waals surface area contributed by atoms with Crippen molar-refractivity contribution in [3.05, 3.63) is 54.0 Å². The van der Waals surface area contributed by atoms with Crippen LogP contribution in [0.1, 0.15) is 93.3 Å². The summed E-state index contributed by atoms with van der Waals surface area (Å²) in [6, 6.07) is 9.81. The van der Waals surface area contributed by atoms with Gasteiger partial charge in [0.15, 0.2) is 17.3 Å². The first kappa shape index (κ1) is 27.4.